The molecule has 0 radical (unpaired) electrons. The molecule has 0 aliphatic carbocycles. The summed E-state index contributed by atoms with van der Waals surface area (Å²) >= 11 is 0. The van der Waals surface area contributed by atoms with E-state index in [0.717, 1.165) is 12.8 Å². The van der Waals surface area contributed by atoms with Crippen LogP contribution in [0.2, 0.25) is 0 Å². The summed E-state index contributed by atoms with van der Waals surface area (Å²) in [5.74, 6) is 0.557. The molecule has 0 aromatic carbocycles. The van der Waals surface area contributed by atoms with Gasteiger partial charge in [-0.3, -0.25) is 9.69 Å². The SMILES string of the molecule is CCC(C)C(=O)CN(C)C(C)(C)CC. The van der Waals surface area contributed by atoms with Crippen molar-refractivity contribution in [3.63, 3.8) is 0 Å². The predicted octanol–water partition coefficient (Wildman–Crippen LogP) is 2.72. The molecule has 0 heterocycles. The largest absolute Gasteiger partial charge is 0.298 e. The number of Topliss-reactive ketones (excluding diaryl/α,β-unsaturated/α-hetero) is 1. The minimum absolute atomic E-state index is 0.128. The molecule has 1 atom stereocenters. The lowest BCUT2D eigenvalue weighted by atomic mass is 9.97. The van der Waals surface area contributed by atoms with Gasteiger partial charge >= 0.3 is 0 Å². The molecular weight excluding hydrogens is 174 g/mol. The summed E-state index contributed by atoms with van der Waals surface area (Å²) in [4.78, 5) is 13.9. The van der Waals surface area contributed by atoms with E-state index in [1.807, 2.05) is 14.0 Å². The van der Waals surface area contributed by atoms with Gasteiger partial charge in [-0.05, 0) is 33.7 Å². The molecule has 0 amide bonds. The van der Waals surface area contributed by atoms with E-state index in [2.05, 4.69) is 32.6 Å². The number of carbonyl (C=O) groups excluding carboxylic acids is 1. The van der Waals surface area contributed by atoms with E-state index in [0.29, 0.717) is 12.3 Å². The van der Waals surface area contributed by atoms with Crippen molar-refractivity contribution in [3.8, 4) is 0 Å². The minimum Gasteiger partial charge on any atom is -0.298 e. The Labute approximate surface area is 88.7 Å². The van der Waals surface area contributed by atoms with Crippen molar-refractivity contribution in [2.45, 2.75) is 53.0 Å². The standard InChI is InChI=1S/C12H25NO/c1-7-10(3)11(14)9-13(6)12(4,5)8-2/h10H,7-9H2,1-6H3. The highest BCUT2D eigenvalue weighted by molar-refractivity contribution is 5.82. The average Bonchev–Trinajstić information content (AvgIpc) is 2.16. The summed E-state index contributed by atoms with van der Waals surface area (Å²) in [5.41, 5.74) is 0.128. The topological polar surface area (TPSA) is 20.3 Å². The Hall–Kier alpha value is -0.370. The second-order valence-electron chi connectivity index (χ2n) is 4.80. The summed E-state index contributed by atoms with van der Waals surface area (Å²) in [6.07, 6.45) is 2.01. The van der Waals surface area contributed by atoms with E-state index >= 15 is 0 Å². The molecule has 0 rings (SSSR count). The van der Waals surface area contributed by atoms with E-state index in [9.17, 15) is 4.79 Å². The molecule has 0 saturated heterocycles. The highest BCUT2D eigenvalue weighted by Crippen LogP contribution is 2.17. The van der Waals surface area contributed by atoms with Crippen LogP contribution in [-0.4, -0.2) is 29.8 Å². The van der Waals surface area contributed by atoms with E-state index in [-0.39, 0.29) is 11.5 Å². The van der Waals surface area contributed by atoms with Crippen molar-refractivity contribution in [1.29, 1.82) is 0 Å². The van der Waals surface area contributed by atoms with Crippen LogP contribution in [0, 0.1) is 5.92 Å². The average molecular weight is 199 g/mol. The van der Waals surface area contributed by atoms with Crippen molar-refractivity contribution >= 4 is 5.78 Å². The molecule has 0 bridgehead atoms. The first-order valence-electron chi connectivity index (χ1n) is 5.59. The fourth-order valence-electron chi connectivity index (χ4n) is 1.10. The van der Waals surface area contributed by atoms with Crippen LogP contribution < -0.4 is 0 Å². The van der Waals surface area contributed by atoms with Gasteiger partial charge in [0.25, 0.3) is 0 Å². The molecule has 0 N–H and O–H groups in total. The fraction of sp³-hybridized carbons (Fsp3) is 0.917. The van der Waals surface area contributed by atoms with Gasteiger partial charge in [0.2, 0.25) is 0 Å². The summed E-state index contributed by atoms with van der Waals surface area (Å²) in [7, 11) is 2.03. The number of carbonyl (C=O) groups is 1. The van der Waals surface area contributed by atoms with Crippen LogP contribution in [0.25, 0.3) is 0 Å². The van der Waals surface area contributed by atoms with E-state index in [1.165, 1.54) is 0 Å². The van der Waals surface area contributed by atoms with Crippen molar-refractivity contribution < 1.29 is 4.79 Å². The van der Waals surface area contributed by atoms with Gasteiger partial charge in [-0.15, -0.1) is 0 Å². The van der Waals surface area contributed by atoms with Crippen LogP contribution in [-0.2, 0) is 4.79 Å². The van der Waals surface area contributed by atoms with Crippen LogP contribution in [0.1, 0.15) is 47.5 Å². The number of likely N-dealkylation sites (N-methyl/N-ethyl adjacent to an activating group) is 1. The van der Waals surface area contributed by atoms with E-state index in [1.54, 1.807) is 0 Å². The Kier molecular flexibility index (Phi) is 5.35. The summed E-state index contributed by atoms with van der Waals surface area (Å²) in [6, 6.07) is 0. The van der Waals surface area contributed by atoms with Gasteiger partial charge in [-0.1, -0.05) is 20.8 Å². The van der Waals surface area contributed by atoms with Gasteiger partial charge in [0.15, 0.2) is 0 Å². The Bertz CT molecular complexity index is 187. The smallest absolute Gasteiger partial charge is 0.149 e. The van der Waals surface area contributed by atoms with Crippen molar-refractivity contribution in [2.75, 3.05) is 13.6 Å². The summed E-state index contributed by atoms with van der Waals surface area (Å²) in [6.45, 7) is 11.2. The molecule has 0 aromatic heterocycles. The maximum absolute atomic E-state index is 11.7. The number of hydrogen-bond donors (Lipinski definition) is 0. The maximum Gasteiger partial charge on any atom is 0.149 e. The van der Waals surface area contributed by atoms with E-state index < -0.39 is 0 Å². The first kappa shape index (κ1) is 13.6. The molecule has 0 aromatic rings. The Balaban J connectivity index is 4.19. The number of ketones is 1. The molecule has 0 saturated carbocycles. The molecule has 0 aliphatic heterocycles. The lowest BCUT2D eigenvalue weighted by Gasteiger charge is -2.34. The quantitative estimate of drug-likeness (QED) is 0.655. The zero-order valence-corrected chi connectivity index (χ0v) is 10.6. The third-order valence-electron chi connectivity index (χ3n) is 3.45. The first-order chi connectivity index (χ1) is 6.35. The van der Waals surface area contributed by atoms with Gasteiger partial charge < -0.3 is 0 Å². The summed E-state index contributed by atoms with van der Waals surface area (Å²) in [5, 5.41) is 0. The maximum atomic E-state index is 11.7. The van der Waals surface area contributed by atoms with Gasteiger partial charge in [0.1, 0.15) is 5.78 Å². The number of rotatable bonds is 6. The zero-order valence-electron chi connectivity index (χ0n) is 10.6. The predicted molar refractivity (Wildman–Crippen MR) is 61.5 cm³/mol. The van der Waals surface area contributed by atoms with Crippen LogP contribution in [0.15, 0.2) is 0 Å². The summed E-state index contributed by atoms with van der Waals surface area (Å²) < 4.78 is 0. The molecule has 1 unspecified atom stereocenters. The molecule has 84 valence electrons. The van der Waals surface area contributed by atoms with Gasteiger partial charge in [0.05, 0.1) is 6.54 Å². The fourth-order valence-corrected chi connectivity index (χ4v) is 1.10. The molecule has 0 spiro atoms. The van der Waals surface area contributed by atoms with Crippen LogP contribution >= 0.6 is 0 Å². The van der Waals surface area contributed by atoms with Crippen LogP contribution in [0.4, 0.5) is 0 Å². The molecule has 0 aliphatic rings. The second-order valence-corrected chi connectivity index (χ2v) is 4.80. The second kappa shape index (κ2) is 5.50. The molecule has 0 fully saturated rings. The third-order valence-corrected chi connectivity index (χ3v) is 3.45. The number of hydrogen-bond acceptors (Lipinski definition) is 2. The van der Waals surface area contributed by atoms with Crippen LogP contribution in [0.5, 0.6) is 0 Å². The molecule has 2 heteroatoms. The van der Waals surface area contributed by atoms with Gasteiger partial charge in [-0.25, -0.2) is 0 Å². The lowest BCUT2D eigenvalue weighted by Crippen LogP contribution is -2.44. The monoisotopic (exact) mass is 199 g/mol. The van der Waals surface area contributed by atoms with Crippen molar-refractivity contribution in [3.05, 3.63) is 0 Å². The highest BCUT2D eigenvalue weighted by Gasteiger charge is 2.24. The van der Waals surface area contributed by atoms with Crippen LogP contribution in [0.3, 0.4) is 0 Å². The minimum atomic E-state index is 0.128. The first-order valence-corrected chi connectivity index (χ1v) is 5.59. The van der Waals surface area contributed by atoms with Crippen molar-refractivity contribution in [1.82, 2.24) is 4.90 Å². The molecular formula is C12H25NO. The highest BCUT2D eigenvalue weighted by atomic mass is 16.1. The van der Waals surface area contributed by atoms with Crippen molar-refractivity contribution in [2.24, 2.45) is 5.92 Å². The molecule has 2 nitrogen and oxygen atoms in total. The normalized spacial score (nSPS) is 14.5. The zero-order chi connectivity index (χ0) is 11.4. The Morgan fingerprint density at radius 3 is 2.21 bits per heavy atom. The lowest BCUT2D eigenvalue weighted by molar-refractivity contribution is -0.124. The molecule has 14 heavy (non-hydrogen) atoms. The third kappa shape index (κ3) is 3.79. The number of nitrogens with zero attached hydrogens (tertiary/aromatic N) is 1. The van der Waals surface area contributed by atoms with E-state index in [4.69, 9.17) is 0 Å². The Morgan fingerprint density at radius 1 is 1.36 bits per heavy atom. The Morgan fingerprint density at radius 2 is 1.86 bits per heavy atom. The van der Waals surface area contributed by atoms with Gasteiger partial charge in [-0.2, -0.15) is 0 Å². The van der Waals surface area contributed by atoms with Gasteiger partial charge in [0, 0.05) is 11.5 Å².